The van der Waals surface area contributed by atoms with Crippen molar-refractivity contribution in [3.63, 3.8) is 0 Å². The summed E-state index contributed by atoms with van der Waals surface area (Å²) in [5, 5.41) is 11.7. The van der Waals surface area contributed by atoms with Gasteiger partial charge in [0, 0.05) is 31.2 Å². The van der Waals surface area contributed by atoms with Crippen molar-refractivity contribution in [3.05, 3.63) is 48.5 Å². The number of alkyl halides is 3. The van der Waals surface area contributed by atoms with Crippen LogP contribution in [-0.2, 0) is 4.79 Å². The van der Waals surface area contributed by atoms with Crippen LogP contribution in [0.2, 0.25) is 0 Å². The predicted octanol–water partition coefficient (Wildman–Crippen LogP) is 2.84. The molecule has 1 aliphatic rings. The van der Waals surface area contributed by atoms with E-state index < -0.39 is 49.1 Å². The molecule has 2 N–H and O–H groups in total. The molecule has 7 nitrogen and oxygen atoms in total. The summed E-state index contributed by atoms with van der Waals surface area (Å²) in [6, 6.07) is 6.06. The number of hydrogen-bond donors (Lipinski definition) is 2. The van der Waals surface area contributed by atoms with Crippen LogP contribution in [0, 0.1) is 11.8 Å². The van der Waals surface area contributed by atoms with Gasteiger partial charge in [-0.2, -0.15) is 13.2 Å². The number of hydrogen-bond acceptors (Lipinski definition) is 3. The Morgan fingerprint density at radius 2 is 2.07 bits per heavy atom. The summed E-state index contributed by atoms with van der Waals surface area (Å²) in [6.07, 6.45) is 0.329. The number of carboxylic acid groups (broad SMARTS) is 1. The van der Waals surface area contributed by atoms with E-state index in [-0.39, 0.29) is 0 Å². The van der Waals surface area contributed by atoms with E-state index in [1.54, 1.807) is 42.3 Å². The van der Waals surface area contributed by atoms with Crippen LogP contribution in [0.5, 0.6) is 0 Å². The third-order valence-electron chi connectivity index (χ3n) is 4.86. The van der Waals surface area contributed by atoms with Crippen LogP contribution in [0.4, 0.5) is 18.0 Å². The number of rotatable bonds is 4. The largest absolute Gasteiger partial charge is 0.481 e. The molecule has 0 radical (unpaired) electrons. The fourth-order valence-electron chi connectivity index (χ4n) is 3.28. The van der Waals surface area contributed by atoms with E-state index in [1.807, 2.05) is 12.1 Å². The number of aromatic nitrogens is 2. The van der Waals surface area contributed by atoms with Crippen molar-refractivity contribution in [3.8, 4) is 5.69 Å². The van der Waals surface area contributed by atoms with Crippen molar-refractivity contribution >= 4 is 12.0 Å². The molecule has 0 aliphatic carbocycles. The quantitative estimate of drug-likeness (QED) is 0.832. The zero-order chi connectivity index (χ0) is 20.5. The number of nitrogens with one attached hydrogen (secondary N) is 1. The van der Waals surface area contributed by atoms with E-state index in [0.717, 1.165) is 16.2 Å². The second-order valence-electron chi connectivity index (χ2n) is 6.73. The van der Waals surface area contributed by atoms with E-state index in [4.69, 9.17) is 5.11 Å². The van der Waals surface area contributed by atoms with Crippen molar-refractivity contribution in [1.82, 2.24) is 19.8 Å². The maximum absolute atomic E-state index is 13.1. The van der Waals surface area contributed by atoms with Gasteiger partial charge in [0.15, 0.2) is 0 Å². The Balaban J connectivity index is 1.69. The molecular weight excluding hydrogens is 377 g/mol. The Bertz CT molecular complexity index is 854. The predicted molar refractivity (Wildman–Crippen MR) is 92.8 cm³/mol. The SMILES string of the molecule is CC(NC(=O)N1C[C@@H](C(F)(F)F)[C@H](C(=O)O)C1)c1cccc(-n2ccnc2)c1. The summed E-state index contributed by atoms with van der Waals surface area (Å²) in [5.74, 6) is -5.29. The maximum Gasteiger partial charge on any atom is 0.394 e. The molecule has 0 saturated carbocycles. The lowest BCUT2D eigenvalue weighted by atomic mass is 9.96. The van der Waals surface area contributed by atoms with E-state index in [2.05, 4.69) is 10.3 Å². The first-order chi connectivity index (χ1) is 13.2. The molecule has 3 atom stereocenters. The molecular formula is C18H19F3N4O3. The average Bonchev–Trinajstić information content (AvgIpc) is 3.31. The molecule has 3 rings (SSSR count). The molecule has 28 heavy (non-hydrogen) atoms. The van der Waals surface area contributed by atoms with E-state index in [9.17, 15) is 22.8 Å². The maximum atomic E-state index is 13.1. The molecule has 10 heteroatoms. The fraction of sp³-hybridized carbons (Fsp3) is 0.389. The van der Waals surface area contributed by atoms with Gasteiger partial charge < -0.3 is 19.9 Å². The van der Waals surface area contributed by atoms with Gasteiger partial charge in [-0.15, -0.1) is 0 Å². The first-order valence-electron chi connectivity index (χ1n) is 8.60. The van der Waals surface area contributed by atoms with Crippen molar-refractivity contribution in [2.75, 3.05) is 13.1 Å². The van der Waals surface area contributed by atoms with Gasteiger partial charge >= 0.3 is 18.2 Å². The molecule has 2 heterocycles. The lowest BCUT2D eigenvalue weighted by molar-refractivity contribution is -0.187. The van der Waals surface area contributed by atoms with Gasteiger partial charge in [0.2, 0.25) is 0 Å². The van der Waals surface area contributed by atoms with Crippen LogP contribution in [0.3, 0.4) is 0 Å². The molecule has 1 saturated heterocycles. The number of carbonyl (C=O) groups excluding carboxylic acids is 1. The van der Waals surface area contributed by atoms with Crippen LogP contribution >= 0.6 is 0 Å². The Hall–Kier alpha value is -3.04. The lowest BCUT2D eigenvalue weighted by Crippen LogP contribution is -2.40. The number of carbonyl (C=O) groups is 2. The van der Waals surface area contributed by atoms with Crippen LogP contribution in [0.25, 0.3) is 5.69 Å². The molecule has 1 aliphatic heterocycles. The Morgan fingerprint density at radius 3 is 2.64 bits per heavy atom. The molecule has 0 spiro atoms. The number of amides is 2. The molecule has 2 amide bonds. The average molecular weight is 396 g/mol. The van der Waals surface area contributed by atoms with Gasteiger partial charge in [0.1, 0.15) is 0 Å². The summed E-state index contributed by atoms with van der Waals surface area (Å²) in [7, 11) is 0. The van der Waals surface area contributed by atoms with Crippen LogP contribution in [-0.4, -0.2) is 50.8 Å². The molecule has 150 valence electrons. The van der Waals surface area contributed by atoms with Gasteiger partial charge in [0.05, 0.1) is 24.2 Å². The highest BCUT2D eigenvalue weighted by Gasteiger charge is 2.53. The number of carboxylic acids is 1. The molecule has 1 fully saturated rings. The summed E-state index contributed by atoms with van der Waals surface area (Å²) in [4.78, 5) is 28.5. The highest BCUT2D eigenvalue weighted by atomic mass is 19.4. The molecule has 1 unspecified atom stereocenters. The number of halogens is 3. The standard InChI is InChI=1S/C18H19F3N4O3/c1-11(12-3-2-4-13(7-12)24-6-5-22-10-24)23-17(28)25-8-14(16(26)27)15(9-25)18(19,20)21/h2-7,10-11,14-15H,8-9H2,1H3,(H,23,28)(H,26,27)/t11?,14-,15-/m1/s1. The van der Waals surface area contributed by atoms with E-state index in [1.165, 1.54) is 0 Å². The Kier molecular flexibility index (Phi) is 5.30. The van der Waals surface area contributed by atoms with Crippen molar-refractivity contribution < 1.29 is 27.9 Å². The summed E-state index contributed by atoms with van der Waals surface area (Å²) in [5.41, 5.74) is 1.57. The van der Waals surface area contributed by atoms with E-state index in [0.29, 0.717) is 0 Å². The van der Waals surface area contributed by atoms with Crippen molar-refractivity contribution in [2.24, 2.45) is 11.8 Å². The number of likely N-dealkylation sites (tertiary alicyclic amines) is 1. The number of nitrogens with zero attached hydrogens (tertiary/aromatic N) is 3. The second-order valence-corrected chi connectivity index (χ2v) is 6.73. The smallest absolute Gasteiger partial charge is 0.394 e. The first-order valence-corrected chi connectivity index (χ1v) is 8.60. The third kappa shape index (κ3) is 4.10. The van der Waals surface area contributed by atoms with Crippen LogP contribution < -0.4 is 5.32 Å². The summed E-state index contributed by atoms with van der Waals surface area (Å²) >= 11 is 0. The zero-order valence-electron chi connectivity index (χ0n) is 14.9. The number of urea groups is 1. The van der Waals surface area contributed by atoms with Gasteiger partial charge in [-0.25, -0.2) is 9.78 Å². The number of imidazole rings is 1. The first kappa shape index (κ1) is 19.7. The zero-order valence-corrected chi connectivity index (χ0v) is 14.9. The van der Waals surface area contributed by atoms with Gasteiger partial charge in [-0.3, -0.25) is 4.79 Å². The number of aliphatic carboxylic acids is 1. The highest BCUT2D eigenvalue weighted by molar-refractivity contribution is 5.78. The van der Waals surface area contributed by atoms with Crippen molar-refractivity contribution in [1.29, 1.82) is 0 Å². The monoisotopic (exact) mass is 396 g/mol. The summed E-state index contributed by atoms with van der Waals surface area (Å²) < 4.78 is 41.0. The Labute approximate surface area is 158 Å². The normalized spacial score (nSPS) is 20.8. The molecule has 1 aromatic heterocycles. The molecule has 1 aromatic carbocycles. The number of benzene rings is 1. The van der Waals surface area contributed by atoms with Crippen LogP contribution in [0.15, 0.2) is 43.0 Å². The second kappa shape index (κ2) is 7.53. The van der Waals surface area contributed by atoms with Gasteiger partial charge in [-0.05, 0) is 24.6 Å². The Morgan fingerprint density at radius 1 is 1.32 bits per heavy atom. The minimum Gasteiger partial charge on any atom is -0.481 e. The lowest BCUT2D eigenvalue weighted by Gasteiger charge is -2.22. The van der Waals surface area contributed by atoms with Gasteiger partial charge in [-0.1, -0.05) is 12.1 Å². The highest BCUT2D eigenvalue weighted by Crippen LogP contribution is 2.37. The van der Waals surface area contributed by atoms with E-state index >= 15 is 0 Å². The topological polar surface area (TPSA) is 87.5 Å². The minimum atomic E-state index is -4.68. The fourth-order valence-corrected chi connectivity index (χ4v) is 3.28. The minimum absolute atomic E-state index is 0.479. The molecule has 0 bridgehead atoms. The third-order valence-corrected chi connectivity index (χ3v) is 4.86. The van der Waals surface area contributed by atoms with Crippen molar-refractivity contribution in [2.45, 2.75) is 19.1 Å². The van der Waals surface area contributed by atoms with Crippen LogP contribution in [0.1, 0.15) is 18.5 Å². The molecule has 2 aromatic rings. The summed E-state index contributed by atoms with van der Waals surface area (Å²) in [6.45, 7) is 0.554. The van der Waals surface area contributed by atoms with Gasteiger partial charge in [0.25, 0.3) is 0 Å².